The van der Waals surface area contributed by atoms with E-state index in [0.29, 0.717) is 12.0 Å². The molecule has 0 saturated carbocycles. The van der Waals surface area contributed by atoms with Crippen molar-refractivity contribution in [1.82, 2.24) is 15.2 Å². The van der Waals surface area contributed by atoms with Crippen molar-refractivity contribution in [3.63, 3.8) is 0 Å². The first-order chi connectivity index (χ1) is 8.08. The monoisotopic (exact) mass is 235 g/mol. The van der Waals surface area contributed by atoms with Crippen LogP contribution in [0.5, 0.6) is 0 Å². The maximum Gasteiger partial charge on any atom is 0.0312 e. The first-order valence-electron chi connectivity index (χ1n) is 6.38. The summed E-state index contributed by atoms with van der Waals surface area (Å²) in [7, 11) is 2.17. The van der Waals surface area contributed by atoms with Crippen molar-refractivity contribution in [1.29, 1.82) is 0 Å². The number of rotatable bonds is 7. The molecule has 96 valence electrons. The summed E-state index contributed by atoms with van der Waals surface area (Å²) in [4.78, 5) is 6.49. The van der Waals surface area contributed by atoms with E-state index in [0.717, 1.165) is 19.6 Å². The van der Waals surface area contributed by atoms with Crippen LogP contribution in [-0.4, -0.2) is 36.1 Å². The highest BCUT2D eigenvalue weighted by Crippen LogP contribution is 2.04. The zero-order valence-corrected chi connectivity index (χ0v) is 11.5. The predicted octanol–water partition coefficient (Wildman–Crippen LogP) is 2.15. The van der Waals surface area contributed by atoms with Crippen molar-refractivity contribution in [3.05, 3.63) is 30.1 Å². The number of aromatic nitrogens is 1. The topological polar surface area (TPSA) is 28.2 Å². The van der Waals surface area contributed by atoms with Crippen LogP contribution in [0.15, 0.2) is 24.5 Å². The highest BCUT2D eigenvalue weighted by molar-refractivity contribution is 5.07. The van der Waals surface area contributed by atoms with Gasteiger partial charge in [0.1, 0.15) is 0 Å². The molecule has 0 bridgehead atoms. The average molecular weight is 235 g/mol. The molecule has 1 atom stereocenters. The van der Waals surface area contributed by atoms with Gasteiger partial charge in [0.25, 0.3) is 0 Å². The van der Waals surface area contributed by atoms with Crippen molar-refractivity contribution in [2.45, 2.75) is 33.4 Å². The summed E-state index contributed by atoms with van der Waals surface area (Å²) in [6.07, 6.45) is 3.76. The van der Waals surface area contributed by atoms with Gasteiger partial charge < -0.3 is 10.2 Å². The fourth-order valence-electron chi connectivity index (χ4n) is 1.90. The minimum absolute atomic E-state index is 0.570. The molecule has 3 heteroatoms. The Balaban J connectivity index is 2.27. The van der Waals surface area contributed by atoms with E-state index in [1.54, 1.807) is 0 Å². The number of hydrogen-bond donors (Lipinski definition) is 1. The van der Waals surface area contributed by atoms with Crippen molar-refractivity contribution in [3.8, 4) is 0 Å². The summed E-state index contributed by atoms with van der Waals surface area (Å²) < 4.78 is 0. The van der Waals surface area contributed by atoms with E-state index in [4.69, 9.17) is 0 Å². The molecule has 3 nitrogen and oxygen atoms in total. The predicted molar refractivity (Wildman–Crippen MR) is 72.9 cm³/mol. The highest BCUT2D eigenvalue weighted by Gasteiger charge is 2.07. The Morgan fingerprint density at radius 3 is 2.71 bits per heavy atom. The highest BCUT2D eigenvalue weighted by atomic mass is 15.1. The summed E-state index contributed by atoms with van der Waals surface area (Å²) in [5.41, 5.74) is 1.28. The summed E-state index contributed by atoms with van der Waals surface area (Å²) in [5, 5.41) is 3.48. The third kappa shape index (κ3) is 6.39. The average Bonchev–Trinajstić information content (AvgIpc) is 2.27. The fourth-order valence-corrected chi connectivity index (χ4v) is 1.90. The van der Waals surface area contributed by atoms with E-state index in [9.17, 15) is 0 Å². The SMILES string of the molecule is CC(CNC(C)C)CN(C)Cc1cccnc1. The van der Waals surface area contributed by atoms with Crippen molar-refractivity contribution in [2.75, 3.05) is 20.1 Å². The van der Waals surface area contributed by atoms with Crippen LogP contribution in [0.25, 0.3) is 0 Å². The van der Waals surface area contributed by atoms with E-state index in [-0.39, 0.29) is 0 Å². The molecule has 1 unspecified atom stereocenters. The van der Waals surface area contributed by atoms with Gasteiger partial charge >= 0.3 is 0 Å². The molecule has 0 amide bonds. The lowest BCUT2D eigenvalue weighted by atomic mass is 10.1. The van der Waals surface area contributed by atoms with Gasteiger partial charge in [-0.2, -0.15) is 0 Å². The normalized spacial score (nSPS) is 13.3. The zero-order chi connectivity index (χ0) is 12.7. The summed E-state index contributed by atoms with van der Waals surface area (Å²) >= 11 is 0. The third-order valence-corrected chi connectivity index (χ3v) is 2.67. The van der Waals surface area contributed by atoms with Gasteiger partial charge in [0, 0.05) is 31.5 Å². The van der Waals surface area contributed by atoms with Gasteiger partial charge in [0.2, 0.25) is 0 Å². The van der Waals surface area contributed by atoms with E-state index in [1.807, 2.05) is 18.5 Å². The minimum Gasteiger partial charge on any atom is -0.314 e. The quantitative estimate of drug-likeness (QED) is 0.785. The third-order valence-electron chi connectivity index (χ3n) is 2.67. The second kappa shape index (κ2) is 7.41. The molecule has 0 fully saturated rings. The van der Waals surface area contributed by atoms with Crippen molar-refractivity contribution in [2.24, 2.45) is 5.92 Å². The smallest absolute Gasteiger partial charge is 0.0312 e. The molecule has 1 aromatic rings. The number of nitrogens with one attached hydrogen (secondary N) is 1. The van der Waals surface area contributed by atoms with E-state index in [2.05, 4.69) is 49.1 Å². The van der Waals surface area contributed by atoms with Crippen LogP contribution in [0.3, 0.4) is 0 Å². The van der Waals surface area contributed by atoms with Crippen LogP contribution in [0.4, 0.5) is 0 Å². The van der Waals surface area contributed by atoms with Crippen LogP contribution in [-0.2, 0) is 6.54 Å². The Morgan fingerprint density at radius 2 is 2.12 bits per heavy atom. The van der Waals surface area contributed by atoms with Crippen LogP contribution >= 0.6 is 0 Å². The molecule has 1 N–H and O–H groups in total. The number of nitrogens with zero attached hydrogens (tertiary/aromatic N) is 2. The minimum atomic E-state index is 0.570. The lowest BCUT2D eigenvalue weighted by Crippen LogP contribution is -2.33. The Labute approximate surface area is 105 Å². The van der Waals surface area contributed by atoms with Crippen LogP contribution in [0.2, 0.25) is 0 Å². The Kier molecular flexibility index (Phi) is 6.16. The second-order valence-corrected chi connectivity index (χ2v) is 5.23. The Bertz CT molecular complexity index is 298. The largest absolute Gasteiger partial charge is 0.314 e. The second-order valence-electron chi connectivity index (χ2n) is 5.23. The maximum absolute atomic E-state index is 4.14. The molecule has 0 aliphatic heterocycles. The zero-order valence-electron chi connectivity index (χ0n) is 11.5. The first kappa shape index (κ1) is 14.1. The van der Waals surface area contributed by atoms with Crippen LogP contribution < -0.4 is 5.32 Å². The van der Waals surface area contributed by atoms with Gasteiger partial charge in [0.05, 0.1) is 0 Å². The Morgan fingerprint density at radius 1 is 1.35 bits per heavy atom. The summed E-state index contributed by atoms with van der Waals surface area (Å²) in [6, 6.07) is 4.69. The van der Waals surface area contributed by atoms with Crippen LogP contribution in [0, 0.1) is 5.92 Å². The van der Waals surface area contributed by atoms with Gasteiger partial charge in [-0.05, 0) is 31.1 Å². The molecular weight excluding hydrogens is 210 g/mol. The van der Waals surface area contributed by atoms with Crippen molar-refractivity contribution >= 4 is 0 Å². The van der Waals surface area contributed by atoms with E-state index in [1.165, 1.54) is 5.56 Å². The standard InChI is InChI=1S/C14H25N3/c1-12(2)16-8-13(3)10-17(4)11-14-6-5-7-15-9-14/h5-7,9,12-13,16H,8,10-11H2,1-4H3. The molecule has 0 aliphatic carbocycles. The molecular formula is C14H25N3. The number of hydrogen-bond acceptors (Lipinski definition) is 3. The molecule has 1 rings (SSSR count). The molecule has 0 aromatic carbocycles. The fraction of sp³-hybridized carbons (Fsp3) is 0.643. The molecule has 17 heavy (non-hydrogen) atoms. The summed E-state index contributed by atoms with van der Waals surface area (Å²) in [6.45, 7) is 9.82. The van der Waals surface area contributed by atoms with Gasteiger partial charge in [-0.3, -0.25) is 4.98 Å². The maximum atomic E-state index is 4.14. The van der Waals surface area contributed by atoms with Crippen LogP contribution in [0.1, 0.15) is 26.3 Å². The lowest BCUT2D eigenvalue weighted by Gasteiger charge is -2.22. The molecule has 0 spiro atoms. The van der Waals surface area contributed by atoms with E-state index < -0.39 is 0 Å². The van der Waals surface area contributed by atoms with Gasteiger partial charge in [-0.1, -0.05) is 26.8 Å². The first-order valence-corrected chi connectivity index (χ1v) is 6.38. The molecule has 0 aliphatic rings. The summed E-state index contributed by atoms with van der Waals surface area (Å²) in [5.74, 6) is 0.666. The molecule has 0 radical (unpaired) electrons. The van der Waals surface area contributed by atoms with Gasteiger partial charge in [-0.15, -0.1) is 0 Å². The molecule has 1 heterocycles. The molecule has 1 aromatic heterocycles. The Hall–Kier alpha value is -0.930. The lowest BCUT2D eigenvalue weighted by molar-refractivity contribution is 0.271. The number of pyridine rings is 1. The van der Waals surface area contributed by atoms with Crippen molar-refractivity contribution < 1.29 is 0 Å². The van der Waals surface area contributed by atoms with Gasteiger partial charge in [-0.25, -0.2) is 0 Å². The van der Waals surface area contributed by atoms with Gasteiger partial charge in [0.15, 0.2) is 0 Å². The van der Waals surface area contributed by atoms with E-state index >= 15 is 0 Å². The molecule has 0 saturated heterocycles.